The lowest BCUT2D eigenvalue weighted by Crippen LogP contribution is -2.25. The van der Waals surface area contributed by atoms with E-state index in [0.717, 1.165) is 42.7 Å². The van der Waals surface area contributed by atoms with Crippen LogP contribution in [0.15, 0.2) is 57.8 Å². The molecule has 3 rings (SSSR count). The average Bonchev–Trinajstić information content (AvgIpc) is 3.11. The van der Waals surface area contributed by atoms with Gasteiger partial charge in [-0.05, 0) is 55.2 Å². The summed E-state index contributed by atoms with van der Waals surface area (Å²) in [4.78, 5) is 2.60. The first-order valence-corrected chi connectivity index (χ1v) is 14.8. The molecule has 1 aliphatic heterocycles. The summed E-state index contributed by atoms with van der Waals surface area (Å²) in [5, 5.41) is 19.1. The van der Waals surface area contributed by atoms with E-state index >= 15 is 0 Å². The molecule has 0 saturated carbocycles. The molecule has 1 aliphatic rings. The Kier molecular flexibility index (Phi) is 10.1. The second-order valence-corrected chi connectivity index (χ2v) is 11.5. The minimum Gasteiger partial charge on any atom is -0.372 e. The van der Waals surface area contributed by atoms with Crippen LogP contribution in [0, 0.1) is 29.6 Å². The van der Waals surface area contributed by atoms with Crippen LogP contribution < -0.4 is 4.90 Å². The Balaban J connectivity index is 1.99. The van der Waals surface area contributed by atoms with Gasteiger partial charge in [0, 0.05) is 29.9 Å². The van der Waals surface area contributed by atoms with Crippen molar-refractivity contribution in [3.8, 4) is 12.1 Å². The van der Waals surface area contributed by atoms with Gasteiger partial charge in [0.25, 0.3) is 0 Å². The third-order valence-electron chi connectivity index (χ3n) is 6.92. The molecule has 0 aliphatic carbocycles. The summed E-state index contributed by atoms with van der Waals surface area (Å²) < 4.78 is 26.9. The number of benzene rings is 2. The molecule has 194 valence electrons. The first-order valence-electron chi connectivity index (χ1n) is 13.4. The van der Waals surface area contributed by atoms with Crippen LogP contribution in [0.5, 0.6) is 0 Å². The number of nitrogens with zero attached hydrogens (tertiary/aromatic N) is 3. The molecule has 0 unspecified atom stereocenters. The minimum atomic E-state index is -3.85. The molecule has 0 radical (unpaired) electrons. The zero-order valence-corrected chi connectivity index (χ0v) is 23.1. The highest BCUT2D eigenvalue weighted by Gasteiger charge is 2.38. The third kappa shape index (κ3) is 6.51. The topological polar surface area (TPSA) is 85.0 Å². The molecule has 6 heteroatoms. The zero-order valence-electron chi connectivity index (χ0n) is 22.3. The molecule has 0 spiro atoms. The lowest BCUT2D eigenvalue weighted by Gasteiger charge is -2.26. The first-order chi connectivity index (χ1) is 17.9. The number of anilines is 1. The van der Waals surface area contributed by atoms with Crippen molar-refractivity contribution in [3.05, 3.63) is 69.6 Å². The Bertz CT molecular complexity index is 1330. The van der Waals surface area contributed by atoms with Gasteiger partial charge in [-0.15, -0.1) is 0 Å². The first kappa shape index (κ1) is 28.2. The highest BCUT2D eigenvalue weighted by Crippen LogP contribution is 2.45. The highest BCUT2D eigenvalue weighted by atomic mass is 32.2. The average molecular weight is 516 g/mol. The van der Waals surface area contributed by atoms with E-state index in [2.05, 4.69) is 30.9 Å². The molecule has 5 nitrogen and oxygen atoms in total. The molecule has 0 fully saturated rings. The number of sulfone groups is 1. The quantitative estimate of drug-likeness (QED) is 0.215. The van der Waals surface area contributed by atoms with Crippen molar-refractivity contribution in [1.29, 1.82) is 10.5 Å². The van der Waals surface area contributed by atoms with E-state index in [-0.39, 0.29) is 20.9 Å². The Morgan fingerprint density at radius 1 is 0.892 bits per heavy atom. The fraction of sp³-hybridized carbons (Fsp3) is 0.419. The van der Waals surface area contributed by atoms with Crippen LogP contribution in [0.1, 0.15) is 81.9 Å². The van der Waals surface area contributed by atoms with Crippen molar-refractivity contribution in [1.82, 2.24) is 0 Å². The van der Waals surface area contributed by atoms with Gasteiger partial charge >= 0.3 is 0 Å². The van der Waals surface area contributed by atoms with Gasteiger partial charge in [0.2, 0.25) is 9.84 Å². The van der Waals surface area contributed by atoms with Crippen molar-refractivity contribution in [3.63, 3.8) is 0 Å². The minimum absolute atomic E-state index is 0.0126. The maximum Gasteiger partial charge on any atom is 0.207 e. The van der Waals surface area contributed by atoms with Crippen molar-refractivity contribution in [2.75, 3.05) is 18.0 Å². The summed E-state index contributed by atoms with van der Waals surface area (Å²) in [7, 11) is -3.85. The summed E-state index contributed by atoms with van der Waals surface area (Å²) in [6, 6.07) is 16.5. The molecule has 2 aromatic rings. The molecule has 0 atom stereocenters. The number of allylic oxidation sites excluding steroid dienone is 2. The molecule has 37 heavy (non-hydrogen) atoms. The highest BCUT2D eigenvalue weighted by molar-refractivity contribution is 7.96. The predicted molar refractivity (Wildman–Crippen MR) is 151 cm³/mol. The second-order valence-electron chi connectivity index (χ2n) is 9.63. The molecule has 0 N–H and O–H groups in total. The summed E-state index contributed by atoms with van der Waals surface area (Å²) in [6.45, 7) is 8.44. The summed E-state index contributed by atoms with van der Waals surface area (Å²) in [5.41, 5.74) is 3.27. The lowest BCUT2D eigenvalue weighted by atomic mass is 9.98. The van der Waals surface area contributed by atoms with Crippen molar-refractivity contribution < 1.29 is 8.42 Å². The van der Waals surface area contributed by atoms with Gasteiger partial charge in [-0.2, -0.15) is 10.5 Å². The second kappa shape index (κ2) is 13.3. The van der Waals surface area contributed by atoms with Gasteiger partial charge in [0.15, 0.2) is 0 Å². The van der Waals surface area contributed by atoms with Gasteiger partial charge < -0.3 is 4.90 Å². The SMILES string of the molecule is CCCCCCN(CCCCCC)c1ccc(C=C2C(=C(C#N)C#N)c3ccccc3S2(=O)=O)c(C)c1. The van der Waals surface area contributed by atoms with Crippen molar-refractivity contribution in [2.45, 2.75) is 77.0 Å². The lowest BCUT2D eigenvalue weighted by molar-refractivity contribution is 0.604. The van der Waals surface area contributed by atoms with E-state index in [1.165, 1.54) is 44.6 Å². The molecular weight excluding hydrogens is 478 g/mol. The van der Waals surface area contributed by atoms with Crippen LogP contribution in [0.3, 0.4) is 0 Å². The van der Waals surface area contributed by atoms with Crippen LogP contribution in [-0.2, 0) is 9.84 Å². The van der Waals surface area contributed by atoms with Crippen LogP contribution in [0.2, 0.25) is 0 Å². The van der Waals surface area contributed by atoms with Crippen LogP contribution in [-0.4, -0.2) is 21.5 Å². The Morgan fingerprint density at radius 2 is 1.51 bits per heavy atom. The van der Waals surface area contributed by atoms with Crippen LogP contribution >= 0.6 is 0 Å². The van der Waals surface area contributed by atoms with E-state index in [0.29, 0.717) is 5.56 Å². The number of unbranched alkanes of at least 4 members (excludes halogenated alkanes) is 6. The fourth-order valence-corrected chi connectivity index (χ4v) is 6.54. The smallest absolute Gasteiger partial charge is 0.207 e. The van der Waals surface area contributed by atoms with Gasteiger partial charge in [0.05, 0.1) is 9.80 Å². The van der Waals surface area contributed by atoms with Crippen LogP contribution in [0.25, 0.3) is 11.6 Å². The molecular formula is C31H37N3O2S. The largest absolute Gasteiger partial charge is 0.372 e. The maximum absolute atomic E-state index is 13.4. The number of nitriles is 2. The molecule has 0 aromatic heterocycles. The Hall–Kier alpha value is -3.35. The van der Waals surface area contributed by atoms with E-state index in [1.54, 1.807) is 24.3 Å². The standard InChI is InChI=1S/C31H37N3O2S/c1-4-6-8-12-18-34(19-13-9-7-5-2)27-17-16-25(24(3)20-27)21-30-31(26(22-32)23-33)28-14-10-11-15-29(28)37(30,35)36/h10-11,14-17,20-21H,4-9,12-13,18-19H2,1-3H3. The van der Waals surface area contributed by atoms with E-state index in [9.17, 15) is 18.9 Å². The Labute approximate surface area is 222 Å². The zero-order chi connectivity index (χ0) is 26.8. The number of hydrogen-bond acceptors (Lipinski definition) is 5. The maximum atomic E-state index is 13.4. The van der Waals surface area contributed by atoms with Gasteiger partial charge in [-0.25, -0.2) is 8.42 Å². The monoisotopic (exact) mass is 515 g/mol. The third-order valence-corrected chi connectivity index (χ3v) is 8.76. The summed E-state index contributed by atoms with van der Waals surface area (Å²) in [5.74, 6) is 0. The Morgan fingerprint density at radius 3 is 2.08 bits per heavy atom. The van der Waals surface area contributed by atoms with E-state index in [4.69, 9.17) is 0 Å². The predicted octanol–water partition coefficient (Wildman–Crippen LogP) is 7.59. The molecule has 0 bridgehead atoms. The van der Waals surface area contributed by atoms with E-state index < -0.39 is 9.84 Å². The number of aryl methyl sites for hydroxylation is 1. The number of fused-ring (bicyclic) bond motifs is 1. The molecule has 2 aromatic carbocycles. The van der Waals surface area contributed by atoms with Crippen molar-refractivity contribution in [2.24, 2.45) is 0 Å². The normalized spacial score (nSPS) is 14.7. The number of hydrogen-bond donors (Lipinski definition) is 0. The molecule has 0 saturated heterocycles. The van der Waals surface area contributed by atoms with Gasteiger partial charge in [0.1, 0.15) is 17.7 Å². The van der Waals surface area contributed by atoms with Gasteiger partial charge in [-0.3, -0.25) is 0 Å². The summed E-state index contributed by atoms with van der Waals surface area (Å²) in [6.07, 6.45) is 11.3. The van der Waals surface area contributed by atoms with Crippen molar-refractivity contribution >= 4 is 27.2 Å². The molecule has 1 heterocycles. The van der Waals surface area contributed by atoms with E-state index in [1.807, 2.05) is 25.1 Å². The number of rotatable bonds is 12. The summed E-state index contributed by atoms with van der Waals surface area (Å²) >= 11 is 0. The van der Waals surface area contributed by atoms with Crippen LogP contribution in [0.4, 0.5) is 5.69 Å². The molecule has 0 amide bonds. The van der Waals surface area contributed by atoms with Gasteiger partial charge in [-0.1, -0.05) is 76.6 Å². The fourth-order valence-electron chi connectivity index (χ4n) is 4.83.